The Balaban J connectivity index is 2.67. The molecular weight excluding hydrogens is 308 g/mol. The van der Waals surface area contributed by atoms with E-state index in [1.807, 2.05) is 0 Å². The van der Waals surface area contributed by atoms with Gasteiger partial charge < -0.3 is 4.74 Å². The average molecular weight is 325 g/mol. The van der Waals surface area contributed by atoms with E-state index in [0.717, 1.165) is 18.4 Å². The molecule has 0 heterocycles. The minimum absolute atomic E-state index is 0.174. The number of methoxy groups -OCH3 is 1. The van der Waals surface area contributed by atoms with E-state index in [4.69, 9.17) is 16.3 Å². The molecule has 0 atom stereocenters. The van der Waals surface area contributed by atoms with Crippen molar-refractivity contribution in [3.8, 4) is 0 Å². The van der Waals surface area contributed by atoms with Gasteiger partial charge in [-0.3, -0.25) is 4.90 Å². The summed E-state index contributed by atoms with van der Waals surface area (Å²) < 4.78 is 18.8. The third kappa shape index (κ3) is 4.92. The maximum Gasteiger partial charge on any atom is 0.146 e. The largest absolute Gasteiger partial charge is 0.383 e. The van der Waals surface area contributed by atoms with E-state index >= 15 is 0 Å². The quantitative estimate of drug-likeness (QED) is 0.713. The molecule has 17 heavy (non-hydrogen) atoms. The highest BCUT2D eigenvalue weighted by atomic mass is 79.9. The first-order valence-corrected chi connectivity index (χ1v) is 6.89. The molecule has 0 spiro atoms. The number of halogens is 3. The highest BCUT2D eigenvalue weighted by Crippen LogP contribution is 2.19. The van der Waals surface area contributed by atoms with Gasteiger partial charge in [0.2, 0.25) is 0 Å². The summed E-state index contributed by atoms with van der Waals surface area (Å²) in [5.74, 6) is -0.328. The topological polar surface area (TPSA) is 12.5 Å². The second-order valence-corrected chi connectivity index (χ2v) is 4.87. The van der Waals surface area contributed by atoms with Crippen LogP contribution in [-0.2, 0) is 11.3 Å². The summed E-state index contributed by atoms with van der Waals surface area (Å²) >= 11 is 9.14. The van der Waals surface area contributed by atoms with Crippen LogP contribution >= 0.6 is 27.5 Å². The Morgan fingerprint density at radius 2 is 2.18 bits per heavy atom. The molecule has 0 saturated carbocycles. The molecule has 2 nitrogen and oxygen atoms in total. The SMILES string of the molecule is COCCN(CCBr)Cc1cccc(Cl)c1F. The second kappa shape index (κ2) is 8.03. The molecular formula is C12H16BrClFNO. The molecule has 0 unspecified atom stereocenters. The Hall–Kier alpha value is -0.160. The van der Waals surface area contributed by atoms with Crippen molar-refractivity contribution >= 4 is 27.5 Å². The number of hydrogen-bond acceptors (Lipinski definition) is 2. The smallest absolute Gasteiger partial charge is 0.146 e. The van der Waals surface area contributed by atoms with Gasteiger partial charge in [0.25, 0.3) is 0 Å². The summed E-state index contributed by atoms with van der Waals surface area (Å²) in [5, 5.41) is 1.02. The third-order valence-electron chi connectivity index (χ3n) is 2.44. The van der Waals surface area contributed by atoms with Gasteiger partial charge in [-0.25, -0.2) is 4.39 Å². The average Bonchev–Trinajstić information content (AvgIpc) is 2.32. The van der Waals surface area contributed by atoms with Crippen molar-refractivity contribution in [3.05, 3.63) is 34.6 Å². The maximum absolute atomic E-state index is 13.7. The van der Waals surface area contributed by atoms with E-state index in [9.17, 15) is 4.39 Å². The fourth-order valence-electron chi connectivity index (χ4n) is 1.52. The van der Waals surface area contributed by atoms with Crippen LogP contribution in [0, 0.1) is 5.82 Å². The molecule has 1 rings (SSSR count). The minimum atomic E-state index is -0.328. The summed E-state index contributed by atoms with van der Waals surface area (Å²) in [6, 6.07) is 5.09. The second-order valence-electron chi connectivity index (χ2n) is 3.67. The molecule has 96 valence electrons. The van der Waals surface area contributed by atoms with E-state index in [2.05, 4.69) is 20.8 Å². The predicted molar refractivity (Wildman–Crippen MR) is 72.4 cm³/mol. The van der Waals surface area contributed by atoms with Crippen molar-refractivity contribution in [1.29, 1.82) is 0 Å². The van der Waals surface area contributed by atoms with Crippen molar-refractivity contribution < 1.29 is 9.13 Å². The van der Waals surface area contributed by atoms with Crippen LogP contribution in [-0.4, -0.2) is 37.0 Å². The fourth-order valence-corrected chi connectivity index (χ4v) is 2.22. The molecule has 0 saturated heterocycles. The van der Waals surface area contributed by atoms with Crippen molar-refractivity contribution in [2.24, 2.45) is 0 Å². The molecule has 0 aliphatic carbocycles. The summed E-state index contributed by atoms with van der Waals surface area (Å²) in [6.45, 7) is 2.79. The molecule has 0 amide bonds. The summed E-state index contributed by atoms with van der Waals surface area (Å²) in [7, 11) is 1.66. The first kappa shape index (κ1) is 14.9. The summed E-state index contributed by atoms with van der Waals surface area (Å²) in [6.07, 6.45) is 0. The lowest BCUT2D eigenvalue weighted by Crippen LogP contribution is -2.29. The molecule has 0 bridgehead atoms. The number of nitrogens with zero attached hydrogens (tertiary/aromatic N) is 1. The molecule has 1 aromatic carbocycles. The third-order valence-corrected chi connectivity index (χ3v) is 3.08. The highest BCUT2D eigenvalue weighted by molar-refractivity contribution is 9.09. The molecule has 1 aromatic rings. The first-order valence-electron chi connectivity index (χ1n) is 5.39. The zero-order valence-corrected chi connectivity index (χ0v) is 12.1. The molecule has 0 N–H and O–H groups in total. The van der Waals surface area contributed by atoms with Crippen LogP contribution in [0.15, 0.2) is 18.2 Å². The Labute approximate surface area is 115 Å². The van der Waals surface area contributed by atoms with Crippen LogP contribution in [0.3, 0.4) is 0 Å². The van der Waals surface area contributed by atoms with Gasteiger partial charge in [-0.15, -0.1) is 0 Å². The maximum atomic E-state index is 13.7. The van der Waals surface area contributed by atoms with Gasteiger partial charge in [-0.05, 0) is 6.07 Å². The lowest BCUT2D eigenvalue weighted by atomic mass is 10.2. The fraction of sp³-hybridized carbons (Fsp3) is 0.500. The summed E-state index contributed by atoms with van der Waals surface area (Å²) in [4.78, 5) is 2.12. The Morgan fingerprint density at radius 1 is 1.41 bits per heavy atom. The van der Waals surface area contributed by atoms with Crippen LogP contribution in [0.2, 0.25) is 5.02 Å². The van der Waals surface area contributed by atoms with E-state index in [1.165, 1.54) is 0 Å². The minimum Gasteiger partial charge on any atom is -0.383 e. The van der Waals surface area contributed by atoms with Crippen LogP contribution in [0.25, 0.3) is 0 Å². The van der Waals surface area contributed by atoms with Crippen molar-refractivity contribution in [2.75, 3.05) is 32.1 Å². The number of benzene rings is 1. The lowest BCUT2D eigenvalue weighted by molar-refractivity contribution is 0.147. The van der Waals surface area contributed by atoms with Crippen LogP contribution < -0.4 is 0 Å². The number of alkyl halides is 1. The van der Waals surface area contributed by atoms with Crippen molar-refractivity contribution in [2.45, 2.75) is 6.54 Å². The number of hydrogen-bond donors (Lipinski definition) is 0. The van der Waals surface area contributed by atoms with Crippen LogP contribution in [0.1, 0.15) is 5.56 Å². The first-order chi connectivity index (χ1) is 8.19. The van der Waals surface area contributed by atoms with Gasteiger partial charge in [0, 0.05) is 37.6 Å². The molecule has 0 radical (unpaired) electrons. The van der Waals surface area contributed by atoms with Gasteiger partial charge in [-0.1, -0.05) is 39.7 Å². The lowest BCUT2D eigenvalue weighted by Gasteiger charge is -2.21. The van der Waals surface area contributed by atoms with Gasteiger partial charge in [0.15, 0.2) is 0 Å². The van der Waals surface area contributed by atoms with Crippen LogP contribution in [0.4, 0.5) is 4.39 Å². The number of rotatable bonds is 7. The normalized spacial score (nSPS) is 11.1. The van der Waals surface area contributed by atoms with Gasteiger partial charge in [0.1, 0.15) is 5.82 Å². The van der Waals surface area contributed by atoms with E-state index in [-0.39, 0.29) is 10.8 Å². The molecule has 0 aromatic heterocycles. The van der Waals surface area contributed by atoms with Gasteiger partial charge in [0.05, 0.1) is 11.6 Å². The monoisotopic (exact) mass is 323 g/mol. The standard InChI is InChI=1S/C12H16BrClFNO/c1-17-8-7-16(6-5-13)9-10-3-2-4-11(14)12(10)15/h2-4H,5-9H2,1H3. The predicted octanol–water partition coefficient (Wildman–Crippen LogP) is 3.32. The molecule has 5 heteroatoms. The van der Waals surface area contributed by atoms with Crippen molar-refractivity contribution in [3.63, 3.8) is 0 Å². The van der Waals surface area contributed by atoms with Crippen LogP contribution in [0.5, 0.6) is 0 Å². The van der Waals surface area contributed by atoms with Crippen molar-refractivity contribution in [1.82, 2.24) is 4.90 Å². The Morgan fingerprint density at radius 3 is 2.82 bits per heavy atom. The molecule has 0 aliphatic heterocycles. The van der Waals surface area contributed by atoms with E-state index < -0.39 is 0 Å². The Bertz CT molecular complexity index is 351. The molecule has 0 fully saturated rings. The van der Waals surface area contributed by atoms with Gasteiger partial charge >= 0.3 is 0 Å². The number of ether oxygens (including phenoxy) is 1. The van der Waals surface area contributed by atoms with Gasteiger partial charge in [-0.2, -0.15) is 0 Å². The van der Waals surface area contributed by atoms with E-state index in [1.54, 1.807) is 25.3 Å². The Kier molecular flexibility index (Phi) is 7.04. The zero-order valence-electron chi connectivity index (χ0n) is 9.76. The van der Waals surface area contributed by atoms with E-state index in [0.29, 0.717) is 18.7 Å². The highest BCUT2D eigenvalue weighted by Gasteiger charge is 2.10. The molecule has 0 aliphatic rings. The summed E-state index contributed by atoms with van der Waals surface area (Å²) in [5.41, 5.74) is 0.620. The zero-order chi connectivity index (χ0) is 12.7.